The summed E-state index contributed by atoms with van der Waals surface area (Å²) in [7, 11) is 0. The van der Waals surface area contributed by atoms with Gasteiger partial charge in [0.1, 0.15) is 6.54 Å². The molecule has 0 unspecified atom stereocenters. The lowest BCUT2D eigenvalue weighted by Gasteiger charge is -1.91. The van der Waals surface area contributed by atoms with E-state index >= 15 is 0 Å². The molecule has 0 bridgehead atoms. The minimum atomic E-state index is -0.994. The lowest BCUT2D eigenvalue weighted by Crippen LogP contribution is -2.18. The van der Waals surface area contributed by atoms with Crippen LogP contribution >= 0.6 is 0 Å². The molecule has 1 aromatic rings. The summed E-state index contributed by atoms with van der Waals surface area (Å²) < 4.78 is 1.20. The fourth-order valence-electron chi connectivity index (χ4n) is 0.811. The number of nitrogens with two attached hydrogens (primary N) is 1. The number of carbonyl (C=O) groups is 2. The normalized spacial score (nSPS) is 9.85. The van der Waals surface area contributed by atoms with Crippen LogP contribution in [0.1, 0.15) is 5.69 Å². The lowest BCUT2D eigenvalue weighted by molar-refractivity contribution is -0.136. The van der Waals surface area contributed by atoms with E-state index < -0.39 is 11.9 Å². The van der Waals surface area contributed by atoms with Gasteiger partial charge in [0.15, 0.2) is 0 Å². The summed E-state index contributed by atoms with van der Waals surface area (Å²) in [5.74, 6) is -1.54. The summed E-state index contributed by atoms with van der Waals surface area (Å²) in [5, 5.41) is 15.4. The Morgan fingerprint density at radius 1 is 1.62 bits per heavy atom. The molecule has 7 heteroatoms. The summed E-state index contributed by atoms with van der Waals surface area (Å²) in [5.41, 5.74) is 5.19. The van der Waals surface area contributed by atoms with Crippen molar-refractivity contribution in [1.29, 1.82) is 0 Å². The van der Waals surface area contributed by atoms with Crippen molar-refractivity contribution in [2.24, 2.45) is 5.73 Å². The van der Waals surface area contributed by atoms with Gasteiger partial charge in [-0.1, -0.05) is 5.21 Å². The van der Waals surface area contributed by atoms with Crippen molar-refractivity contribution in [1.82, 2.24) is 15.0 Å². The van der Waals surface area contributed by atoms with Crippen LogP contribution in [-0.4, -0.2) is 32.0 Å². The molecule has 1 amide bonds. The third-order valence-electron chi connectivity index (χ3n) is 1.24. The number of aliphatic carboxylic acids is 1. The van der Waals surface area contributed by atoms with Gasteiger partial charge in [-0.3, -0.25) is 9.59 Å². The van der Waals surface area contributed by atoms with E-state index in [1.165, 1.54) is 10.9 Å². The van der Waals surface area contributed by atoms with Crippen molar-refractivity contribution in [3.63, 3.8) is 0 Å². The van der Waals surface area contributed by atoms with Gasteiger partial charge in [0, 0.05) is 6.20 Å². The van der Waals surface area contributed by atoms with Crippen LogP contribution in [0.2, 0.25) is 0 Å². The van der Waals surface area contributed by atoms with Crippen LogP contribution in [0, 0.1) is 0 Å². The Labute approximate surface area is 73.1 Å². The standard InChI is InChI=1S/C6H8N4O3/c7-5(11)3-10-2-4(8-9-10)1-6(12)13/h2H,1,3H2,(H2,7,11)(H,12,13). The lowest BCUT2D eigenvalue weighted by atomic mass is 10.3. The minimum Gasteiger partial charge on any atom is -0.481 e. The Morgan fingerprint density at radius 2 is 2.31 bits per heavy atom. The second kappa shape index (κ2) is 3.65. The zero-order valence-electron chi connectivity index (χ0n) is 6.67. The van der Waals surface area contributed by atoms with Gasteiger partial charge in [0.25, 0.3) is 0 Å². The maximum absolute atomic E-state index is 10.4. The molecule has 0 aliphatic heterocycles. The first-order valence-electron chi connectivity index (χ1n) is 3.47. The van der Waals surface area contributed by atoms with E-state index in [1.54, 1.807) is 0 Å². The van der Waals surface area contributed by atoms with Crippen molar-refractivity contribution in [2.45, 2.75) is 13.0 Å². The Hall–Kier alpha value is -1.92. The molecule has 0 aromatic carbocycles. The van der Waals surface area contributed by atoms with E-state index in [0.29, 0.717) is 5.69 Å². The minimum absolute atomic E-state index is 0.0907. The van der Waals surface area contributed by atoms with E-state index in [-0.39, 0.29) is 13.0 Å². The van der Waals surface area contributed by atoms with Crippen molar-refractivity contribution in [3.05, 3.63) is 11.9 Å². The number of carboxylic acids is 1. The molecule has 3 N–H and O–H groups in total. The van der Waals surface area contributed by atoms with Gasteiger partial charge in [0.2, 0.25) is 5.91 Å². The smallest absolute Gasteiger partial charge is 0.309 e. The van der Waals surface area contributed by atoms with Gasteiger partial charge in [-0.2, -0.15) is 0 Å². The van der Waals surface area contributed by atoms with Crippen molar-refractivity contribution < 1.29 is 14.7 Å². The van der Waals surface area contributed by atoms with E-state index in [9.17, 15) is 9.59 Å². The van der Waals surface area contributed by atoms with E-state index in [4.69, 9.17) is 10.8 Å². The number of aromatic nitrogens is 3. The number of primary amides is 1. The number of hydrogen-bond donors (Lipinski definition) is 2. The van der Waals surface area contributed by atoms with Crippen molar-refractivity contribution >= 4 is 11.9 Å². The molecular weight excluding hydrogens is 176 g/mol. The van der Waals surface area contributed by atoms with Gasteiger partial charge in [-0.05, 0) is 0 Å². The third kappa shape index (κ3) is 2.89. The number of nitrogens with zero attached hydrogens (tertiary/aromatic N) is 3. The molecule has 0 aliphatic rings. The second-order valence-corrected chi connectivity index (χ2v) is 2.44. The van der Waals surface area contributed by atoms with E-state index in [2.05, 4.69) is 10.3 Å². The quantitative estimate of drug-likeness (QED) is 0.584. The van der Waals surface area contributed by atoms with Gasteiger partial charge in [0.05, 0.1) is 12.1 Å². The van der Waals surface area contributed by atoms with Gasteiger partial charge in [-0.15, -0.1) is 5.10 Å². The van der Waals surface area contributed by atoms with Crippen molar-refractivity contribution in [3.8, 4) is 0 Å². The average molecular weight is 184 g/mol. The van der Waals surface area contributed by atoms with Crippen LogP contribution in [-0.2, 0) is 22.6 Å². The van der Waals surface area contributed by atoms with Crippen LogP contribution in [0.3, 0.4) is 0 Å². The molecule has 1 heterocycles. The number of amides is 1. The van der Waals surface area contributed by atoms with Crippen LogP contribution in [0.15, 0.2) is 6.20 Å². The Bertz CT molecular complexity index is 302. The molecule has 0 radical (unpaired) electrons. The van der Waals surface area contributed by atoms with E-state index in [1.807, 2.05) is 0 Å². The molecule has 70 valence electrons. The zero-order chi connectivity index (χ0) is 9.84. The first-order chi connectivity index (χ1) is 6.08. The summed E-state index contributed by atoms with van der Waals surface area (Å²) in [6.45, 7) is -0.0907. The molecule has 7 nitrogen and oxygen atoms in total. The van der Waals surface area contributed by atoms with Crippen LogP contribution in [0.25, 0.3) is 0 Å². The Morgan fingerprint density at radius 3 is 2.85 bits per heavy atom. The fraction of sp³-hybridized carbons (Fsp3) is 0.333. The zero-order valence-corrected chi connectivity index (χ0v) is 6.67. The van der Waals surface area contributed by atoms with Gasteiger partial charge in [-0.25, -0.2) is 4.68 Å². The maximum atomic E-state index is 10.4. The van der Waals surface area contributed by atoms with E-state index in [0.717, 1.165) is 0 Å². The highest BCUT2D eigenvalue weighted by Crippen LogP contribution is 1.93. The molecule has 0 fully saturated rings. The summed E-state index contributed by atoms with van der Waals surface area (Å²) in [4.78, 5) is 20.6. The molecular formula is C6H8N4O3. The highest BCUT2D eigenvalue weighted by Gasteiger charge is 2.06. The Kier molecular flexibility index (Phi) is 2.58. The SMILES string of the molecule is NC(=O)Cn1cc(CC(=O)O)nn1. The predicted octanol–water partition coefficient (Wildman–Crippen LogP) is -1.61. The average Bonchev–Trinajstić information content (AvgIpc) is 2.33. The molecule has 1 aromatic heterocycles. The highest BCUT2D eigenvalue weighted by atomic mass is 16.4. The maximum Gasteiger partial charge on any atom is 0.309 e. The molecule has 0 spiro atoms. The molecule has 13 heavy (non-hydrogen) atoms. The van der Waals surface area contributed by atoms with Crippen LogP contribution in [0.5, 0.6) is 0 Å². The number of hydrogen-bond acceptors (Lipinski definition) is 4. The number of carboxylic acid groups (broad SMARTS) is 1. The Balaban J connectivity index is 2.63. The number of carbonyl (C=O) groups excluding carboxylic acids is 1. The largest absolute Gasteiger partial charge is 0.481 e. The molecule has 0 atom stereocenters. The highest BCUT2D eigenvalue weighted by molar-refractivity contribution is 5.73. The first-order valence-corrected chi connectivity index (χ1v) is 3.47. The topological polar surface area (TPSA) is 111 Å². The fourth-order valence-corrected chi connectivity index (χ4v) is 0.811. The summed E-state index contributed by atoms with van der Waals surface area (Å²) >= 11 is 0. The van der Waals surface area contributed by atoms with Gasteiger partial charge < -0.3 is 10.8 Å². The second-order valence-electron chi connectivity index (χ2n) is 2.44. The summed E-state index contributed by atoms with van der Waals surface area (Å²) in [6, 6.07) is 0. The molecule has 0 saturated heterocycles. The first kappa shape index (κ1) is 9.17. The number of rotatable bonds is 4. The van der Waals surface area contributed by atoms with Gasteiger partial charge >= 0.3 is 5.97 Å². The molecule has 0 saturated carbocycles. The van der Waals surface area contributed by atoms with Crippen LogP contribution < -0.4 is 5.73 Å². The third-order valence-corrected chi connectivity index (χ3v) is 1.24. The monoisotopic (exact) mass is 184 g/mol. The predicted molar refractivity (Wildman–Crippen MR) is 40.6 cm³/mol. The molecule has 1 rings (SSSR count). The van der Waals surface area contributed by atoms with Crippen LogP contribution in [0.4, 0.5) is 0 Å². The van der Waals surface area contributed by atoms with Crippen molar-refractivity contribution in [2.75, 3.05) is 0 Å². The molecule has 0 aliphatic carbocycles. The summed E-state index contributed by atoms with van der Waals surface area (Å²) in [6.07, 6.45) is 1.16.